The summed E-state index contributed by atoms with van der Waals surface area (Å²) in [4.78, 5) is 39.1. The Kier molecular flexibility index (Phi) is 7.28. The highest BCUT2D eigenvalue weighted by Crippen LogP contribution is 2.33. The number of fused-ring (bicyclic) bond motifs is 1. The first kappa shape index (κ1) is 25.0. The Balaban J connectivity index is 1.24. The lowest BCUT2D eigenvalue weighted by Crippen LogP contribution is -2.46. The van der Waals surface area contributed by atoms with Crippen molar-refractivity contribution in [2.24, 2.45) is 0 Å². The minimum Gasteiger partial charge on any atom is -0.357 e. The summed E-state index contributed by atoms with van der Waals surface area (Å²) in [6.45, 7) is 1.64. The van der Waals surface area contributed by atoms with Gasteiger partial charge in [-0.1, -0.05) is 29.8 Å². The van der Waals surface area contributed by atoms with E-state index < -0.39 is 0 Å². The zero-order chi connectivity index (χ0) is 25.9. The van der Waals surface area contributed by atoms with Crippen LogP contribution in [0.4, 0.5) is 11.8 Å². The van der Waals surface area contributed by atoms with E-state index in [2.05, 4.69) is 25.5 Å². The van der Waals surface area contributed by atoms with Crippen molar-refractivity contribution in [2.75, 3.05) is 37.4 Å². The number of amides is 2. The molecule has 2 aromatic carbocycles. The van der Waals surface area contributed by atoms with Crippen LogP contribution in [0, 0.1) is 0 Å². The van der Waals surface area contributed by atoms with Crippen molar-refractivity contribution in [3.63, 3.8) is 0 Å². The van der Waals surface area contributed by atoms with Crippen LogP contribution in [-0.4, -0.2) is 59.9 Å². The van der Waals surface area contributed by atoms with E-state index >= 15 is 0 Å². The van der Waals surface area contributed by atoms with Gasteiger partial charge in [0.2, 0.25) is 5.95 Å². The molecule has 2 aliphatic rings. The fourth-order valence-corrected chi connectivity index (χ4v) is 5.49. The number of nitrogens with zero attached hydrogens (tertiary/aromatic N) is 4. The molecule has 0 radical (unpaired) electrons. The minimum absolute atomic E-state index is 0.00355. The molecule has 0 spiro atoms. The van der Waals surface area contributed by atoms with Crippen molar-refractivity contribution < 1.29 is 9.59 Å². The number of aromatic nitrogens is 2. The molecule has 3 aromatic rings. The zero-order valence-electron chi connectivity index (χ0n) is 21.1. The van der Waals surface area contributed by atoms with Gasteiger partial charge in [0.1, 0.15) is 5.82 Å². The van der Waals surface area contributed by atoms with Crippen molar-refractivity contribution in [3.8, 4) is 0 Å². The van der Waals surface area contributed by atoms with E-state index in [1.165, 1.54) is 5.56 Å². The van der Waals surface area contributed by atoms with Crippen LogP contribution in [0.15, 0.2) is 54.7 Å². The molecule has 1 saturated heterocycles. The summed E-state index contributed by atoms with van der Waals surface area (Å²) in [7, 11) is 3.69. The largest absolute Gasteiger partial charge is 0.357 e. The number of anilines is 2. The van der Waals surface area contributed by atoms with Crippen LogP contribution in [0.3, 0.4) is 0 Å². The molecule has 192 valence electrons. The van der Waals surface area contributed by atoms with E-state index in [9.17, 15) is 9.59 Å². The number of nitrogens with one attached hydrogen (secondary N) is 2. The maximum Gasteiger partial charge on any atom is 0.253 e. The third-order valence-corrected chi connectivity index (χ3v) is 7.75. The van der Waals surface area contributed by atoms with Gasteiger partial charge in [0.15, 0.2) is 0 Å². The number of aryl methyl sites for hydroxylation is 1. The number of hydrogen-bond acceptors (Lipinski definition) is 6. The Labute approximate surface area is 222 Å². The summed E-state index contributed by atoms with van der Waals surface area (Å²) in [5.41, 5.74) is 3.29. The minimum atomic E-state index is -0.199. The monoisotopic (exact) mass is 518 g/mol. The van der Waals surface area contributed by atoms with Crippen LogP contribution < -0.4 is 15.5 Å². The molecule has 2 N–H and O–H groups in total. The molecule has 1 atom stereocenters. The van der Waals surface area contributed by atoms with Crippen molar-refractivity contribution in [1.29, 1.82) is 0 Å². The molecule has 1 fully saturated rings. The van der Waals surface area contributed by atoms with E-state index in [1.807, 2.05) is 36.2 Å². The summed E-state index contributed by atoms with van der Waals surface area (Å²) in [5, 5.41) is 6.52. The third-order valence-electron chi connectivity index (χ3n) is 7.42. The van der Waals surface area contributed by atoms with Gasteiger partial charge in [-0.2, -0.15) is 4.98 Å². The average Bonchev–Trinajstić information content (AvgIpc) is 3.34. The number of halogens is 1. The lowest BCUT2D eigenvalue weighted by Gasteiger charge is -2.37. The molecule has 2 heterocycles. The number of benzene rings is 2. The van der Waals surface area contributed by atoms with Gasteiger partial charge in [0.25, 0.3) is 11.8 Å². The second-order valence-corrected chi connectivity index (χ2v) is 9.99. The third kappa shape index (κ3) is 5.25. The van der Waals surface area contributed by atoms with E-state index in [4.69, 9.17) is 11.6 Å². The van der Waals surface area contributed by atoms with E-state index in [-0.39, 0.29) is 23.9 Å². The van der Waals surface area contributed by atoms with Crippen LogP contribution in [0.25, 0.3) is 0 Å². The Morgan fingerprint density at radius 3 is 2.62 bits per heavy atom. The first-order valence-electron chi connectivity index (χ1n) is 12.7. The van der Waals surface area contributed by atoms with Gasteiger partial charge >= 0.3 is 0 Å². The van der Waals surface area contributed by atoms with Crippen molar-refractivity contribution in [2.45, 2.75) is 37.8 Å². The van der Waals surface area contributed by atoms with E-state index in [0.717, 1.165) is 50.2 Å². The standard InChI is InChI=1S/C28H31ClN6O2/c1-30-28-31-14-11-25(33-28)35-15-12-20(13-16-35)34(2)27(37)19-8-7-18-9-10-24(22(18)17-19)32-26(36)21-5-3-4-6-23(21)29/h3-8,11,14,17,20,24H,9-10,12-13,15-16H2,1-2H3,(H,32,36)(H,30,31,33). The topological polar surface area (TPSA) is 90.5 Å². The van der Waals surface area contributed by atoms with Crippen LogP contribution in [-0.2, 0) is 6.42 Å². The zero-order valence-corrected chi connectivity index (χ0v) is 21.8. The number of rotatable bonds is 6. The Morgan fingerprint density at radius 2 is 1.86 bits per heavy atom. The molecule has 0 saturated carbocycles. The van der Waals surface area contributed by atoms with E-state index in [0.29, 0.717) is 22.1 Å². The highest BCUT2D eigenvalue weighted by molar-refractivity contribution is 6.33. The van der Waals surface area contributed by atoms with Crippen LogP contribution in [0.5, 0.6) is 0 Å². The van der Waals surface area contributed by atoms with Gasteiger partial charge in [0.05, 0.1) is 16.6 Å². The summed E-state index contributed by atoms with van der Waals surface area (Å²) < 4.78 is 0. The van der Waals surface area contributed by atoms with Crippen molar-refractivity contribution in [3.05, 3.63) is 82.0 Å². The first-order valence-corrected chi connectivity index (χ1v) is 13.0. The molecular weight excluding hydrogens is 488 g/mol. The Hall–Kier alpha value is -3.65. The van der Waals surface area contributed by atoms with Gasteiger partial charge in [-0.05, 0) is 67.1 Å². The maximum absolute atomic E-state index is 13.5. The van der Waals surface area contributed by atoms with Gasteiger partial charge < -0.3 is 20.4 Å². The lowest BCUT2D eigenvalue weighted by atomic mass is 10.00. The Bertz CT molecular complexity index is 1310. The highest BCUT2D eigenvalue weighted by Gasteiger charge is 2.29. The summed E-state index contributed by atoms with van der Waals surface area (Å²) in [6.07, 6.45) is 5.15. The van der Waals surface area contributed by atoms with E-state index in [1.54, 1.807) is 37.5 Å². The maximum atomic E-state index is 13.5. The summed E-state index contributed by atoms with van der Waals surface area (Å²) >= 11 is 6.21. The van der Waals surface area contributed by atoms with Gasteiger partial charge in [-0.25, -0.2) is 4.98 Å². The smallest absolute Gasteiger partial charge is 0.253 e. The molecule has 1 unspecified atom stereocenters. The molecule has 5 rings (SSSR count). The summed E-state index contributed by atoms with van der Waals surface area (Å²) in [5.74, 6) is 1.30. The first-order chi connectivity index (χ1) is 17.9. The average molecular weight is 519 g/mol. The fraction of sp³-hybridized carbons (Fsp3) is 0.357. The molecular formula is C28H31ClN6O2. The number of hydrogen-bond donors (Lipinski definition) is 2. The molecule has 9 heteroatoms. The Morgan fingerprint density at radius 1 is 1.08 bits per heavy atom. The normalized spacial score (nSPS) is 17.3. The van der Waals surface area contributed by atoms with Gasteiger partial charge in [0, 0.05) is 45.0 Å². The SMILES string of the molecule is CNc1nccc(N2CCC(N(C)C(=O)c3ccc4c(c3)C(NC(=O)c3ccccc3Cl)CC4)CC2)n1. The van der Waals surface area contributed by atoms with Crippen LogP contribution in [0.1, 0.15) is 57.1 Å². The molecule has 1 aliphatic heterocycles. The second-order valence-electron chi connectivity index (χ2n) is 9.58. The molecule has 1 aliphatic carbocycles. The van der Waals surface area contributed by atoms with Crippen molar-refractivity contribution >= 4 is 35.2 Å². The molecule has 2 amide bonds. The highest BCUT2D eigenvalue weighted by atomic mass is 35.5. The molecule has 1 aromatic heterocycles. The second kappa shape index (κ2) is 10.8. The van der Waals surface area contributed by atoms with Crippen LogP contribution in [0.2, 0.25) is 5.02 Å². The predicted molar refractivity (Wildman–Crippen MR) is 145 cm³/mol. The fourth-order valence-electron chi connectivity index (χ4n) is 5.26. The predicted octanol–water partition coefficient (Wildman–Crippen LogP) is 4.33. The number of carbonyl (C=O) groups is 2. The number of piperidine rings is 1. The van der Waals surface area contributed by atoms with Gasteiger partial charge in [-0.15, -0.1) is 0 Å². The quantitative estimate of drug-likeness (QED) is 0.505. The number of carbonyl (C=O) groups excluding carboxylic acids is 2. The molecule has 37 heavy (non-hydrogen) atoms. The lowest BCUT2D eigenvalue weighted by molar-refractivity contribution is 0.0709. The van der Waals surface area contributed by atoms with Gasteiger partial charge in [-0.3, -0.25) is 9.59 Å². The van der Waals surface area contributed by atoms with Crippen molar-refractivity contribution in [1.82, 2.24) is 20.2 Å². The van der Waals surface area contributed by atoms with Crippen LogP contribution >= 0.6 is 11.6 Å². The molecule has 8 nitrogen and oxygen atoms in total. The molecule has 0 bridgehead atoms. The summed E-state index contributed by atoms with van der Waals surface area (Å²) in [6, 6.07) is 14.8.